The third-order valence-electron chi connectivity index (χ3n) is 3.49. The second-order valence-electron chi connectivity index (χ2n) is 5.45. The van der Waals surface area contributed by atoms with E-state index in [0.29, 0.717) is 6.61 Å². The van der Waals surface area contributed by atoms with Gasteiger partial charge in [-0.05, 0) is 19.3 Å². The summed E-state index contributed by atoms with van der Waals surface area (Å²) in [5.41, 5.74) is 2.31. The predicted octanol–water partition coefficient (Wildman–Crippen LogP) is 3.99. The Morgan fingerprint density at radius 2 is 2.10 bits per heavy atom. The Morgan fingerprint density at radius 3 is 2.81 bits per heavy atom. The SMILES string of the molecule is CCCOCc1nc(-c2ccccc2)c(CNC2CC2)s1. The molecule has 0 saturated heterocycles. The van der Waals surface area contributed by atoms with Gasteiger partial charge in [-0.25, -0.2) is 4.98 Å². The Hall–Kier alpha value is -1.23. The van der Waals surface area contributed by atoms with Crippen molar-refractivity contribution in [2.45, 2.75) is 45.4 Å². The molecule has 0 spiro atoms. The van der Waals surface area contributed by atoms with Crippen LogP contribution < -0.4 is 5.32 Å². The number of nitrogens with one attached hydrogen (secondary N) is 1. The van der Waals surface area contributed by atoms with Crippen molar-refractivity contribution in [1.29, 1.82) is 0 Å². The minimum Gasteiger partial charge on any atom is -0.374 e. The van der Waals surface area contributed by atoms with Crippen LogP contribution in [0.25, 0.3) is 11.3 Å². The van der Waals surface area contributed by atoms with E-state index in [4.69, 9.17) is 9.72 Å². The van der Waals surface area contributed by atoms with Crippen LogP contribution >= 0.6 is 11.3 Å². The highest BCUT2D eigenvalue weighted by molar-refractivity contribution is 7.12. The number of rotatable bonds is 8. The molecular formula is C17H22N2OS. The molecule has 0 amide bonds. The molecule has 0 unspecified atom stereocenters. The van der Waals surface area contributed by atoms with Gasteiger partial charge >= 0.3 is 0 Å². The van der Waals surface area contributed by atoms with Crippen molar-refractivity contribution in [2.75, 3.05) is 6.61 Å². The van der Waals surface area contributed by atoms with Gasteiger partial charge in [0.1, 0.15) is 5.01 Å². The number of benzene rings is 1. The molecule has 1 saturated carbocycles. The van der Waals surface area contributed by atoms with E-state index in [0.717, 1.165) is 36.3 Å². The van der Waals surface area contributed by atoms with Crippen LogP contribution in [-0.2, 0) is 17.9 Å². The molecule has 1 aliphatic rings. The molecule has 1 aliphatic carbocycles. The van der Waals surface area contributed by atoms with Crippen LogP contribution in [0.4, 0.5) is 0 Å². The number of thiazole rings is 1. The summed E-state index contributed by atoms with van der Waals surface area (Å²) in [6.07, 6.45) is 3.67. The lowest BCUT2D eigenvalue weighted by molar-refractivity contribution is 0.121. The summed E-state index contributed by atoms with van der Waals surface area (Å²) in [5.74, 6) is 0. The second-order valence-corrected chi connectivity index (χ2v) is 6.62. The van der Waals surface area contributed by atoms with Gasteiger partial charge in [-0.3, -0.25) is 0 Å². The van der Waals surface area contributed by atoms with E-state index in [-0.39, 0.29) is 0 Å². The lowest BCUT2D eigenvalue weighted by atomic mass is 10.1. The summed E-state index contributed by atoms with van der Waals surface area (Å²) in [7, 11) is 0. The van der Waals surface area contributed by atoms with E-state index in [1.54, 1.807) is 11.3 Å². The molecule has 1 fully saturated rings. The molecule has 1 heterocycles. The van der Waals surface area contributed by atoms with Crippen LogP contribution in [0.15, 0.2) is 30.3 Å². The van der Waals surface area contributed by atoms with Crippen LogP contribution in [0.5, 0.6) is 0 Å². The van der Waals surface area contributed by atoms with Crippen molar-refractivity contribution >= 4 is 11.3 Å². The largest absolute Gasteiger partial charge is 0.374 e. The second kappa shape index (κ2) is 7.16. The van der Waals surface area contributed by atoms with Gasteiger partial charge in [-0.15, -0.1) is 11.3 Å². The van der Waals surface area contributed by atoms with Gasteiger partial charge in [0.2, 0.25) is 0 Å². The number of hydrogen-bond acceptors (Lipinski definition) is 4. The quantitative estimate of drug-likeness (QED) is 0.749. The van der Waals surface area contributed by atoms with Gasteiger partial charge in [0.05, 0.1) is 12.3 Å². The normalized spacial score (nSPS) is 14.5. The maximum atomic E-state index is 5.64. The summed E-state index contributed by atoms with van der Waals surface area (Å²) < 4.78 is 5.64. The zero-order chi connectivity index (χ0) is 14.5. The molecule has 0 radical (unpaired) electrons. The average Bonchev–Trinajstić information content (AvgIpc) is 3.26. The van der Waals surface area contributed by atoms with Crippen molar-refractivity contribution < 1.29 is 4.74 Å². The van der Waals surface area contributed by atoms with E-state index in [2.05, 4.69) is 36.5 Å². The summed E-state index contributed by atoms with van der Waals surface area (Å²) in [6, 6.07) is 11.2. The Balaban J connectivity index is 1.77. The molecule has 0 bridgehead atoms. The van der Waals surface area contributed by atoms with Crippen LogP contribution in [0.2, 0.25) is 0 Å². The van der Waals surface area contributed by atoms with Gasteiger partial charge in [-0.1, -0.05) is 37.3 Å². The molecule has 1 aromatic carbocycles. The lowest BCUT2D eigenvalue weighted by Crippen LogP contribution is -2.14. The third kappa shape index (κ3) is 4.13. The fourth-order valence-corrected chi connectivity index (χ4v) is 3.21. The smallest absolute Gasteiger partial charge is 0.119 e. The van der Waals surface area contributed by atoms with Crippen LogP contribution in [0, 0.1) is 0 Å². The molecule has 0 aliphatic heterocycles. The molecule has 4 heteroatoms. The van der Waals surface area contributed by atoms with Crippen LogP contribution in [0.3, 0.4) is 0 Å². The fraction of sp³-hybridized carbons (Fsp3) is 0.471. The molecule has 3 nitrogen and oxygen atoms in total. The zero-order valence-electron chi connectivity index (χ0n) is 12.5. The van der Waals surface area contributed by atoms with Crippen molar-refractivity contribution in [1.82, 2.24) is 10.3 Å². The summed E-state index contributed by atoms with van der Waals surface area (Å²) >= 11 is 1.78. The van der Waals surface area contributed by atoms with E-state index >= 15 is 0 Å². The fourth-order valence-electron chi connectivity index (χ4n) is 2.23. The van der Waals surface area contributed by atoms with Gasteiger partial charge in [0, 0.05) is 29.6 Å². The Labute approximate surface area is 130 Å². The molecule has 112 valence electrons. The van der Waals surface area contributed by atoms with Gasteiger partial charge < -0.3 is 10.1 Å². The molecule has 1 aromatic heterocycles. The summed E-state index contributed by atoms with van der Waals surface area (Å²) in [5, 5.41) is 4.67. The van der Waals surface area contributed by atoms with Crippen LogP contribution in [0.1, 0.15) is 36.1 Å². The highest BCUT2D eigenvalue weighted by atomic mass is 32.1. The minimum absolute atomic E-state index is 0.627. The molecule has 21 heavy (non-hydrogen) atoms. The Kier molecular flexibility index (Phi) is 5.01. The minimum atomic E-state index is 0.627. The van der Waals surface area contributed by atoms with E-state index in [1.165, 1.54) is 23.3 Å². The first-order valence-corrected chi connectivity index (χ1v) is 8.53. The maximum absolute atomic E-state index is 5.64. The number of hydrogen-bond donors (Lipinski definition) is 1. The Morgan fingerprint density at radius 1 is 1.29 bits per heavy atom. The van der Waals surface area contributed by atoms with Crippen molar-refractivity contribution in [3.8, 4) is 11.3 Å². The average molecular weight is 302 g/mol. The maximum Gasteiger partial charge on any atom is 0.119 e. The van der Waals surface area contributed by atoms with Crippen molar-refractivity contribution in [3.63, 3.8) is 0 Å². The van der Waals surface area contributed by atoms with Gasteiger partial charge in [0.25, 0.3) is 0 Å². The molecule has 2 aromatic rings. The van der Waals surface area contributed by atoms with Crippen molar-refractivity contribution in [3.05, 3.63) is 40.2 Å². The van der Waals surface area contributed by atoms with Crippen molar-refractivity contribution in [2.24, 2.45) is 0 Å². The van der Waals surface area contributed by atoms with E-state index in [1.807, 2.05) is 6.07 Å². The highest BCUT2D eigenvalue weighted by Crippen LogP contribution is 2.30. The number of aromatic nitrogens is 1. The van der Waals surface area contributed by atoms with E-state index < -0.39 is 0 Å². The lowest BCUT2D eigenvalue weighted by Gasteiger charge is -2.03. The summed E-state index contributed by atoms with van der Waals surface area (Å²) in [6.45, 7) is 4.47. The Bertz CT molecular complexity index is 563. The standard InChI is InChI=1S/C17H22N2OS/c1-2-10-20-12-16-19-17(13-6-4-3-5-7-13)15(21-16)11-18-14-8-9-14/h3-7,14,18H,2,8-12H2,1H3. The van der Waals surface area contributed by atoms with Gasteiger partial charge in [0.15, 0.2) is 0 Å². The van der Waals surface area contributed by atoms with Crippen LogP contribution in [-0.4, -0.2) is 17.6 Å². The topological polar surface area (TPSA) is 34.1 Å². The first-order valence-electron chi connectivity index (χ1n) is 7.72. The molecule has 3 rings (SSSR count). The van der Waals surface area contributed by atoms with E-state index in [9.17, 15) is 0 Å². The van der Waals surface area contributed by atoms with Gasteiger partial charge in [-0.2, -0.15) is 0 Å². The number of nitrogens with zero attached hydrogens (tertiary/aromatic N) is 1. The first kappa shape index (κ1) is 14.7. The molecular weight excluding hydrogens is 280 g/mol. The highest BCUT2D eigenvalue weighted by Gasteiger charge is 2.22. The molecule has 0 atom stereocenters. The summed E-state index contributed by atoms with van der Waals surface area (Å²) in [4.78, 5) is 6.13. The molecule has 1 N–H and O–H groups in total. The first-order chi connectivity index (χ1) is 10.4. The third-order valence-corrected chi connectivity index (χ3v) is 4.52. The predicted molar refractivity (Wildman–Crippen MR) is 87.4 cm³/mol. The zero-order valence-corrected chi connectivity index (χ0v) is 13.3. The number of ether oxygens (including phenoxy) is 1. The monoisotopic (exact) mass is 302 g/mol.